The van der Waals surface area contributed by atoms with Crippen molar-refractivity contribution in [1.82, 2.24) is 5.32 Å². The van der Waals surface area contributed by atoms with E-state index in [1.54, 1.807) is 24.3 Å². The number of ether oxygens (including phenoxy) is 2. The summed E-state index contributed by atoms with van der Waals surface area (Å²) in [4.78, 5) is 12.0. The summed E-state index contributed by atoms with van der Waals surface area (Å²) in [6, 6.07) is 7.11. The fourth-order valence-electron chi connectivity index (χ4n) is 1.96. The summed E-state index contributed by atoms with van der Waals surface area (Å²) in [5, 5.41) is 3.81. The Morgan fingerprint density at radius 1 is 1.47 bits per heavy atom. The largest absolute Gasteiger partial charge is 0.467 e. The molecular weight excluding hydrogens is 242 g/mol. The van der Waals surface area contributed by atoms with Crippen LogP contribution in [-0.4, -0.2) is 32.8 Å². The highest BCUT2D eigenvalue weighted by atomic mass is 35.5. The number of morpholine rings is 1. The number of halogens is 1. The first kappa shape index (κ1) is 12.4. The molecule has 1 heterocycles. The summed E-state index contributed by atoms with van der Waals surface area (Å²) >= 11 is 5.84. The summed E-state index contributed by atoms with van der Waals surface area (Å²) in [6.07, 6.45) is 0. The van der Waals surface area contributed by atoms with E-state index in [2.05, 4.69) is 5.32 Å². The molecule has 2 rings (SSSR count). The van der Waals surface area contributed by atoms with Gasteiger partial charge in [0.25, 0.3) is 0 Å². The maximum atomic E-state index is 12.0. The van der Waals surface area contributed by atoms with Crippen molar-refractivity contribution in [3.05, 3.63) is 34.9 Å². The molecule has 1 aromatic rings. The predicted molar refractivity (Wildman–Crippen MR) is 64.0 cm³/mol. The van der Waals surface area contributed by atoms with Crippen molar-refractivity contribution in [2.45, 2.75) is 5.54 Å². The molecule has 1 aliphatic heterocycles. The normalized spacial score (nSPS) is 24.4. The van der Waals surface area contributed by atoms with Gasteiger partial charge in [0.2, 0.25) is 0 Å². The van der Waals surface area contributed by atoms with Gasteiger partial charge in [-0.05, 0) is 17.7 Å². The number of carbonyl (C=O) groups is 1. The first-order valence-corrected chi connectivity index (χ1v) is 5.74. The summed E-state index contributed by atoms with van der Waals surface area (Å²) in [7, 11) is 1.37. The molecule has 0 radical (unpaired) electrons. The highest BCUT2D eigenvalue weighted by molar-refractivity contribution is 6.30. The lowest BCUT2D eigenvalue weighted by molar-refractivity contribution is -0.154. The molecule has 17 heavy (non-hydrogen) atoms. The number of hydrogen-bond acceptors (Lipinski definition) is 4. The minimum Gasteiger partial charge on any atom is -0.467 e. The highest BCUT2D eigenvalue weighted by Crippen LogP contribution is 2.26. The number of esters is 1. The van der Waals surface area contributed by atoms with Crippen molar-refractivity contribution in [2.24, 2.45) is 0 Å². The van der Waals surface area contributed by atoms with E-state index in [-0.39, 0.29) is 12.6 Å². The van der Waals surface area contributed by atoms with E-state index >= 15 is 0 Å². The van der Waals surface area contributed by atoms with Crippen molar-refractivity contribution < 1.29 is 14.3 Å². The van der Waals surface area contributed by atoms with Crippen LogP contribution in [0, 0.1) is 0 Å². The molecule has 1 aliphatic rings. The van der Waals surface area contributed by atoms with Gasteiger partial charge in [0, 0.05) is 11.6 Å². The molecule has 5 heteroatoms. The molecule has 1 fully saturated rings. The molecule has 0 aromatic heterocycles. The molecular formula is C12H14ClNO3. The monoisotopic (exact) mass is 255 g/mol. The fourth-order valence-corrected chi connectivity index (χ4v) is 2.08. The summed E-state index contributed by atoms with van der Waals surface area (Å²) in [6.45, 7) is 1.46. The first-order chi connectivity index (χ1) is 8.19. The van der Waals surface area contributed by atoms with Crippen LogP contribution in [0.1, 0.15) is 5.56 Å². The number of hydrogen-bond donors (Lipinski definition) is 1. The third kappa shape index (κ3) is 2.29. The van der Waals surface area contributed by atoms with E-state index in [1.807, 2.05) is 0 Å². The molecule has 1 aromatic carbocycles. The van der Waals surface area contributed by atoms with E-state index in [9.17, 15) is 4.79 Å². The molecule has 92 valence electrons. The van der Waals surface area contributed by atoms with Gasteiger partial charge in [0.1, 0.15) is 0 Å². The van der Waals surface area contributed by atoms with Gasteiger partial charge in [0.05, 0.1) is 20.3 Å². The SMILES string of the molecule is COC(=O)C1(c2ccc(Cl)cc2)COCCN1. The molecule has 1 saturated heterocycles. The Kier molecular flexibility index (Phi) is 3.66. The van der Waals surface area contributed by atoms with Crippen molar-refractivity contribution in [2.75, 3.05) is 26.9 Å². The molecule has 1 unspecified atom stereocenters. The lowest BCUT2D eigenvalue weighted by Crippen LogP contribution is -2.57. The number of benzene rings is 1. The zero-order valence-electron chi connectivity index (χ0n) is 9.53. The van der Waals surface area contributed by atoms with E-state index in [0.717, 1.165) is 5.56 Å². The Morgan fingerprint density at radius 3 is 2.71 bits per heavy atom. The second-order valence-corrected chi connectivity index (χ2v) is 4.32. The fraction of sp³-hybridized carbons (Fsp3) is 0.417. The average molecular weight is 256 g/mol. The van der Waals surface area contributed by atoms with E-state index < -0.39 is 5.54 Å². The van der Waals surface area contributed by atoms with Crippen molar-refractivity contribution in [3.8, 4) is 0 Å². The molecule has 0 aliphatic carbocycles. The summed E-state index contributed by atoms with van der Waals surface area (Å²) < 4.78 is 10.3. The lowest BCUT2D eigenvalue weighted by atomic mass is 9.90. The molecule has 1 atom stereocenters. The number of carbonyl (C=O) groups excluding carboxylic acids is 1. The molecule has 1 N–H and O–H groups in total. The number of methoxy groups -OCH3 is 1. The van der Waals surface area contributed by atoms with E-state index in [1.165, 1.54) is 7.11 Å². The molecule has 0 saturated carbocycles. The Labute approximate surface area is 105 Å². The van der Waals surface area contributed by atoms with Crippen LogP contribution >= 0.6 is 11.6 Å². The average Bonchev–Trinajstić information content (AvgIpc) is 2.39. The van der Waals surface area contributed by atoms with Gasteiger partial charge >= 0.3 is 5.97 Å². The Balaban J connectivity index is 2.38. The highest BCUT2D eigenvalue weighted by Gasteiger charge is 2.43. The van der Waals surface area contributed by atoms with Gasteiger partial charge in [-0.25, -0.2) is 4.79 Å². The van der Waals surface area contributed by atoms with Crippen molar-refractivity contribution in [3.63, 3.8) is 0 Å². The van der Waals surface area contributed by atoms with Crippen LogP contribution in [0.15, 0.2) is 24.3 Å². The number of rotatable bonds is 2. The van der Waals surface area contributed by atoms with Crippen LogP contribution in [0.3, 0.4) is 0 Å². The van der Waals surface area contributed by atoms with Crippen molar-refractivity contribution in [1.29, 1.82) is 0 Å². The van der Waals surface area contributed by atoms with Crippen LogP contribution in [-0.2, 0) is 19.8 Å². The topological polar surface area (TPSA) is 47.6 Å². The van der Waals surface area contributed by atoms with Crippen LogP contribution in [0.2, 0.25) is 5.02 Å². The standard InChI is InChI=1S/C12H14ClNO3/c1-16-11(15)12(8-17-7-6-14-12)9-2-4-10(13)5-3-9/h2-5,14H,6-8H2,1H3. The third-order valence-corrected chi connectivity index (χ3v) is 3.11. The Bertz CT molecular complexity index is 399. The van der Waals surface area contributed by atoms with Gasteiger partial charge in [-0.1, -0.05) is 23.7 Å². The van der Waals surface area contributed by atoms with Gasteiger partial charge < -0.3 is 9.47 Å². The van der Waals surface area contributed by atoms with Crippen LogP contribution in [0.4, 0.5) is 0 Å². The van der Waals surface area contributed by atoms with Gasteiger partial charge in [-0.2, -0.15) is 0 Å². The summed E-state index contributed by atoms with van der Waals surface area (Å²) in [5.74, 6) is -0.348. The minimum atomic E-state index is -0.919. The minimum absolute atomic E-state index is 0.265. The lowest BCUT2D eigenvalue weighted by Gasteiger charge is -2.35. The van der Waals surface area contributed by atoms with Crippen LogP contribution in [0.5, 0.6) is 0 Å². The van der Waals surface area contributed by atoms with Crippen molar-refractivity contribution >= 4 is 17.6 Å². The van der Waals surface area contributed by atoms with Crippen LogP contribution < -0.4 is 5.32 Å². The zero-order valence-corrected chi connectivity index (χ0v) is 10.3. The van der Waals surface area contributed by atoms with Gasteiger partial charge in [-0.15, -0.1) is 0 Å². The van der Waals surface area contributed by atoms with Crippen LogP contribution in [0.25, 0.3) is 0 Å². The second-order valence-electron chi connectivity index (χ2n) is 3.88. The maximum Gasteiger partial charge on any atom is 0.333 e. The zero-order chi connectivity index (χ0) is 12.3. The summed E-state index contributed by atoms with van der Waals surface area (Å²) in [5.41, 5.74) is -0.120. The Hall–Kier alpha value is -1.10. The van der Waals surface area contributed by atoms with Gasteiger partial charge in [0.15, 0.2) is 5.54 Å². The number of nitrogens with one attached hydrogen (secondary N) is 1. The first-order valence-electron chi connectivity index (χ1n) is 5.36. The Morgan fingerprint density at radius 2 is 2.18 bits per heavy atom. The molecule has 0 bridgehead atoms. The van der Waals surface area contributed by atoms with E-state index in [0.29, 0.717) is 18.2 Å². The molecule has 4 nitrogen and oxygen atoms in total. The molecule has 0 spiro atoms. The second kappa shape index (κ2) is 5.04. The quantitative estimate of drug-likeness (QED) is 0.810. The smallest absolute Gasteiger partial charge is 0.333 e. The van der Waals surface area contributed by atoms with E-state index in [4.69, 9.17) is 21.1 Å². The van der Waals surface area contributed by atoms with Gasteiger partial charge in [-0.3, -0.25) is 5.32 Å². The molecule has 0 amide bonds. The predicted octanol–water partition coefficient (Wildman–Crippen LogP) is 1.33. The third-order valence-electron chi connectivity index (χ3n) is 2.86. The maximum absolute atomic E-state index is 12.0.